The molecule has 0 aliphatic carbocycles. The maximum atomic E-state index is 4.83. The predicted molar refractivity (Wildman–Crippen MR) is 88.7 cm³/mol. The summed E-state index contributed by atoms with van der Waals surface area (Å²) >= 11 is 0. The zero-order valence-electron chi connectivity index (χ0n) is 13.3. The van der Waals surface area contributed by atoms with Crippen LogP contribution in [0.15, 0.2) is 47.1 Å². The maximum absolute atomic E-state index is 4.83. The molecule has 1 aliphatic rings. The quantitative estimate of drug-likeness (QED) is 0.552. The van der Waals surface area contributed by atoms with E-state index in [0.717, 1.165) is 29.7 Å². The third-order valence-corrected chi connectivity index (χ3v) is 4.04. The molecular formula is C16H19N7O. The van der Waals surface area contributed by atoms with Crippen molar-refractivity contribution in [1.82, 2.24) is 37.1 Å². The Morgan fingerprint density at radius 1 is 1.04 bits per heavy atom. The van der Waals surface area contributed by atoms with Gasteiger partial charge in [-0.3, -0.25) is 4.90 Å². The van der Waals surface area contributed by atoms with Gasteiger partial charge in [-0.1, -0.05) is 36.4 Å². The van der Waals surface area contributed by atoms with E-state index in [0.29, 0.717) is 0 Å². The van der Waals surface area contributed by atoms with Gasteiger partial charge in [-0.05, 0) is 40.1 Å². The maximum Gasteiger partial charge on any atom is 0.139 e. The van der Waals surface area contributed by atoms with Gasteiger partial charge in [0, 0.05) is 13.1 Å². The molecule has 0 unspecified atom stereocenters. The van der Waals surface area contributed by atoms with Crippen LogP contribution in [0.2, 0.25) is 0 Å². The molecule has 1 saturated heterocycles. The van der Waals surface area contributed by atoms with Crippen LogP contribution in [0, 0.1) is 0 Å². The highest BCUT2D eigenvalue weighted by Crippen LogP contribution is 2.18. The number of benzene rings is 2. The minimum Gasteiger partial charge on any atom is -0.298 e. The van der Waals surface area contributed by atoms with Gasteiger partial charge in [-0.15, -0.1) is 0 Å². The van der Waals surface area contributed by atoms with Crippen molar-refractivity contribution in [3.8, 4) is 0 Å². The van der Waals surface area contributed by atoms with E-state index in [1.54, 1.807) is 0 Å². The zero-order valence-corrected chi connectivity index (χ0v) is 13.3. The fourth-order valence-electron chi connectivity index (χ4n) is 2.94. The molecule has 2 aromatic carbocycles. The summed E-state index contributed by atoms with van der Waals surface area (Å²) in [5.41, 5.74) is 17.0. The van der Waals surface area contributed by atoms with E-state index in [9.17, 15) is 0 Å². The molecule has 0 saturated carbocycles. The molecule has 0 amide bonds. The average Bonchev–Trinajstić information content (AvgIpc) is 3.27. The van der Waals surface area contributed by atoms with Crippen molar-refractivity contribution in [2.24, 2.45) is 0 Å². The van der Waals surface area contributed by atoms with Crippen LogP contribution in [-0.4, -0.2) is 22.3 Å². The van der Waals surface area contributed by atoms with Crippen molar-refractivity contribution in [2.45, 2.75) is 19.3 Å². The van der Waals surface area contributed by atoms with Gasteiger partial charge in [0.2, 0.25) is 0 Å². The van der Waals surface area contributed by atoms with Crippen LogP contribution in [0.25, 0.3) is 11.0 Å². The van der Waals surface area contributed by atoms with Crippen LogP contribution >= 0.6 is 0 Å². The highest BCUT2D eigenvalue weighted by Gasteiger charge is 2.15. The Balaban J connectivity index is 1.47. The number of hydrogen-bond donors (Lipinski definition) is 4. The number of hydrazine groups is 3. The van der Waals surface area contributed by atoms with Crippen LogP contribution in [0.3, 0.4) is 0 Å². The van der Waals surface area contributed by atoms with Crippen molar-refractivity contribution < 1.29 is 4.63 Å². The van der Waals surface area contributed by atoms with Crippen LogP contribution in [-0.2, 0) is 13.1 Å². The molecule has 0 bridgehead atoms. The first-order valence-corrected chi connectivity index (χ1v) is 7.78. The Morgan fingerprint density at radius 3 is 2.75 bits per heavy atom. The van der Waals surface area contributed by atoms with Gasteiger partial charge in [0.05, 0.1) is 0 Å². The lowest BCUT2D eigenvalue weighted by Gasteiger charge is -2.18. The van der Waals surface area contributed by atoms with Crippen molar-refractivity contribution >= 4 is 11.0 Å². The second kappa shape index (κ2) is 6.63. The van der Waals surface area contributed by atoms with Crippen molar-refractivity contribution in [1.29, 1.82) is 0 Å². The van der Waals surface area contributed by atoms with Crippen LogP contribution in [0.4, 0.5) is 0 Å². The molecule has 24 heavy (non-hydrogen) atoms. The van der Waals surface area contributed by atoms with E-state index < -0.39 is 0 Å². The first-order valence-electron chi connectivity index (χ1n) is 7.78. The molecule has 4 N–H and O–H groups in total. The summed E-state index contributed by atoms with van der Waals surface area (Å²) in [4.78, 5) is 2.24. The van der Waals surface area contributed by atoms with E-state index in [4.69, 9.17) is 4.63 Å². The minimum absolute atomic E-state index is 0.0465. The molecular weight excluding hydrogens is 306 g/mol. The van der Waals surface area contributed by atoms with Crippen molar-refractivity contribution in [3.63, 3.8) is 0 Å². The fourth-order valence-corrected chi connectivity index (χ4v) is 2.94. The van der Waals surface area contributed by atoms with Crippen LogP contribution in [0.1, 0.15) is 22.9 Å². The minimum atomic E-state index is 0.0465. The summed E-state index contributed by atoms with van der Waals surface area (Å²) in [5.74, 6) is 0. The smallest absolute Gasteiger partial charge is 0.139 e. The largest absolute Gasteiger partial charge is 0.298 e. The van der Waals surface area contributed by atoms with Gasteiger partial charge >= 0.3 is 0 Å². The number of rotatable bonds is 5. The van der Waals surface area contributed by atoms with E-state index >= 15 is 0 Å². The molecule has 0 atom stereocenters. The second-order valence-electron chi connectivity index (χ2n) is 5.94. The molecule has 0 radical (unpaired) electrons. The molecule has 1 fully saturated rings. The summed E-state index contributed by atoms with van der Waals surface area (Å²) in [6.07, 6.45) is 0.0465. The third kappa shape index (κ3) is 3.14. The summed E-state index contributed by atoms with van der Waals surface area (Å²) in [7, 11) is 2.09. The molecule has 8 heteroatoms. The Morgan fingerprint density at radius 2 is 1.88 bits per heavy atom. The monoisotopic (exact) mass is 325 g/mol. The fraction of sp³-hybridized carbons (Fsp3) is 0.250. The first kappa shape index (κ1) is 15.2. The standard InChI is InChI=1S/C16H19N7O/c1-23(10-13-6-3-7-14-15(13)20-24-19-14)9-11-4-2-5-12(8-11)16-17-21-22-18-16/h2-8,16-18,21-22H,9-10H2,1H3. The average molecular weight is 325 g/mol. The van der Waals surface area contributed by atoms with Gasteiger partial charge in [0.25, 0.3) is 0 Å². The molecule has 0 spiro atoms. The second-order valence-corrected chi connectivity index (χ2v) is 5.94. The molecule has 2 heterocycles. The van der Waals surface area contributed by atoms with Gasteiger partial charge in [-0.2, -0.15) is 11.1 Å². The molecule has 1 aliphatic heterocycles. The first-order chi connectivity index (χ1) is 11.8. The van der Waals surface area contributed by atoms with Crippen molar-refractivity contribution in [2.75, 3.05) is 7.05 Å². The summed E-state index contributed by atoms with van der Waals surface area (Å²) in [6.45, 7) is 1.61. The summed E-state index contributed by atoms with van der Waals surface area (Å²) in [6, 6.07) is 14.4. The Kier molecular flexibility index (Phi) is 4.20. The number of nitrogens with zero attached hydrogens (tertiary/aromatic N) is 3. The third-order valence-electron chi connectivity index (χ3n) is 4.04. The van der Waals surface area contributed by atoms with E-state index in [-0.39, 0.29) is 6.17 Å². The Hall–Kier alpha value is -2.36. The van der Waals surface area contributed by atoms with Gasteiger partial charge in [0.15, 0.2) is 0 Å². The molecule has 124 valence electrons. The number of nitrogens with one attached hydrogen (secondary N) is 4. The normalized spacial score (nSPS) is 15.6. The zero-order chi connectivity index (χ0) is 16.4. The van der Waals surface area contributed by atoms with Crippen molar-refractivity contribution in [3.05, 3.63) is 59.2 Å². The van der Waals surface area contributed by atoms with Crippen LogP contribution in [0.5, 0.6) is 0 Å². The van der Waals surface area contributed by atoms with E-state index in [2.05, 4.69) is 74.5 Å². The van der Waals surface area contributed by atoms with E-state index in [1.807, 2.05) is 12.1 Å². The lowest BCUT2D eigenvalue weighted by Crippen LogP contribution is -2.33. The molecule has 8 nitrogen and oxygen atoms in total. The number of aromatic nitrogens is 2. The highest BCUT2D eigenvalue weighted by molar-refractivity contribution is 5.76. The summed E-state index contributed by atoms with van der Waals surface area (Å²) in [5, 5.41) is 7.90. The van der Waals surface area contributed by atoms with Crippen LogP contribution < -0.4 is 21.9 Å². The van der Waals surface area contributed by atoms with Gasteiger partial charge in [-0.25, -0.2) is 15.5 Å². The van der Waals surface area contributed by atoms with Gasteiger partial charge in [0.1, 0.15) is 17.2 Å². The molecule has 1 aromatic heterocycles. The Bertz CT molecular complexity index is 828. The summed E-state index contributed by atoms with van der Waals surface area (Å²) < 4.78 is 4.83. The van der Waals surface area contributed by atoms with E-state index in [1.165, 1.54) is 11.1 Å². The highest BCUT2D eigenvalue weighted by atomic mass is 16.6. The number of hydrogen-bond acceptors (Lipinski definition) is 8. The lowest BCUT2D eigenvalue weighted by atomic mass is 10.1. The molecule has 4 rings (SSSR count). The predicted octanol–water partition coefficient (Wildman–Crippen LogP) is 0.970. The Labute approximate surface area is 139 Å². The van der Waals surface area contributed by atoms with Gasteiger partial charge < -0.3 is 0 Å². The molecule has 3 aromatic rings. The topological polar surface area (TPSA) is 90.3 Å². The number of fused-ring (bicyclic) bond motifs is 1. The lowest BCUT2D eigenvalue weighted by molar-refractivity contribution is 0.310. The SMILES string of the molecule is CN(Cc1cccc(C2NNNN2)c1)Cc1cccc2nonc12.